The number of nitro groups is 1. The third-order valence-electron chi connectivity index (χ3n) is 7.14. The van der Waals surface area contributed by atoms with Gasteiger partial charge in [0.05, 0.1) is 28.4 Å². The minimum atomic E-state index is -0.372. The fraction of sp³-hybridized carbons (Fsp3) is 0.481. The lowest BCUT2D eigenvalue weighted by molar-refractivity contribution is -0.384. The molecule has 0 unspecified atom stereocenters. The van der Waals surface area contributed by atoms with Gasteiger partial charge in [0.25, 0.3) is 11.6 Å². The Balaban J connectivity index is 1.49. The van der Waals surface area contributed by atoms with Gasteiger partial charge in [0.15, 0.2) is 5.13 Å². The predicted octanol–water partition coefficient (Wildman–Crippen LogP) is 4.79. The number of carbonyl (C=O) groups is 1. The fourth-order valence-corrected chi connectivity index (χ4v) is 6.23. The molecule has 2 aromatic carbocycles. The maximum atomic E-state index is 13.9. The number of amides is 1. The highest BCUT2D eigenvalue weighted by molar-refractivity contribution is 7.22. The van der Waals surface area contributed by atoms with Gasteiger partial charge in [-0.3, -0.25) is 24.7 Å². The Morgan fingerprint density at radius 2 is 1.86 bits per heavy atom. The molecule has 0 atom stereocenters. The van der Waals surface area contributed by atoms with Gasteiger partial charge in [0, 0.05) is 50.9 Å². The summed E-state index contributed by atoms with van der Waals surface area (Å²) in [5.74, 6) is -0.269. The third kappa shape index (κ3) is 5.61. The van der Waals surface area contributed by atoms with E-state index >= 15 is 0 Å². The van der Waals surface area contributed by atoms with Crippen molar-refractivity contribution in [1.29, 1.82) is 0 Å². The number of rotatable bonds is 7. The van der Waals surface area contributed by atoms with Gasteiger partial charge in [-0.2, -0.15) is 0 Å². The summed E-state index contributed by atoms with van der Waals surface area (Å²) in [6.07, 6.45) is 3.17. The van der Waals surface area contributed by atoms with E-state index < -0.39 is 0 Å². The molecule has 9 nitrogen and oxygen atoms in total. The molecule has 1 aromatic heterocycles. The van der Waals surface area contributed by atoms with Crippen LogP contribution in [0.3, 0.4) is 0 Å². The molecular weight excluding hydrogens is 490 g/mol. The van der Waals surface area contributed by atoms with Crippen LogP contribution in [0.15, 0.2) is 30.3 Å². The van der Waals surface area contributed by atoms with E-state index in [1.54, 1.807) is 17.0 Å². The Morgan fingerprint density at radius 1 is 1.11 bits per heavy atom. The van der Waals surface area contributed by atoms with E-state index in [1.807, 2.05) is 13.0 Å². The minimum absolute atomic E-state index is 0.0170. The molecule has 2 fully saturated rings. The normalized spacial score (nSPS) is 16.8. The van der Waals surface area contributed by atoms with Gasteiger partial charge in [0.2, 0.25) is 0 Å². The lowest BCUT2D eigenvalue weighted by Crippen LogP contribution is -2.43. The number of nitrogens with zero attached hydrogens (tertiary/aromatic N) is 5. The molecule has 2 aliphatic rings. The highest BCUT2D eigenvalue weighted by Crippen LogP contribution is 2.35. The van der Waals surface area contributed by atoms with Crippen molar-refractivity contribution in [1.82, 2.24) is 9.88 Å². The molecule has 3 aromatic rings. The quantitative estimate of drug-likeness (QED) is 0.325. The van der Waals surface area contributed by atoms with Crippen LogP contribution in [0.4, 0.5) is 16.5 Å². The number of thiazole rings is 1. The Kier molecular flexibility index (Phi) is 7.68. The maximum absolute atomic E-state index is 13.9. The molecule has 2 saturated heterocycles. The van der Waals surface area contributed by atoms with Crippen LogP contribution in [0.25, 0.3) is 10.2 Å². The number of ether oxygens (including phenoxy) is 1. The molecule has 0 bridgehead atoms. The molecule has 3 heterocycles. The molecular formula is C27H33N5O4S. The summed E-state index contributed by atoms with van der Waals surface area (Å²) in [5, 5.41) is 12.6. The van der Waals surface area contributed by atoms with Crippen LogP contribution in [-0.4, -0.2) is 73.2 Å². The summed E-state index contributed by atoms with van der Waals surface area (Å²) in [5.41, 5.74) is 4.00. The van der Waals surface area contributed by atoms with Crippen molar-refractivity contribution in [2.24, 2.45) is 0 Å². The number of carbonyl (C=O) groups excluding carboxylic acids is 1. The zero-order valence-corrected chi connectivity index (χ0v) is 22.3. The number of morpholine rings is 1. The summed E-state index contributed by atoms with van der Waals surface area (Å²) in [4.78, 5) is 36.4. The van der Waals surface area contributed by atoms with Gasteiger partial charge in [-0.05, 0) is 62.4 Å². The van der Waals surface area contributed by atoms with Gasteiger partial charge in [0.1, 0.15) is 5.69 Å². The van der Waals surface area contributed by atoms with Crippen LogP contribution in [0.5, 0.6) is 0 Å². The van der Waals surface area contributed by atoms with E-state index in [0.29, 0.717) is 42.7 Å². The summed E-state index contributed by atoms with van der Waals surface area (Å²) in [6.45, 7) is 9.79. The first-order valence-corrected chi connectivity index (χ1v) is 13.8. The van der Waals surface area contributed by atoms with Gasteiger partial charge in [-0.25, -0.2) is 4.98 Å². The minimum Gasteiger partial charge on any atom is -0.379 e. The second-order valence-electron chi connectivity index (χ2n) is 9.85. The van der Waals surface area contributed by atoms with Crippen LogP contribution in [0, 0.1) is 24.0 Å². The first-order chi connectivity index (χ1) is 17.9. The molecule has 5 rings (SSSR count). The summed E-state index contributed by atoms with van der Waals surface area (Å²) in [7, 11) is 0. The summed E-state index contributed by atoms with van der Waals surface area (Å²) < 4.78 is 6.52. The van der Waals surface area contributed by atoms with Crippen molar-refractivity contribution in [3.8, 4) is 0 Å². The van der Waals surface area contributed by atoms with Crippen molar-refractivity contribution in [2.75, 3.05) is 62.3 Å². The van der Waals surface area contributed by atoms with E-state index in [2.05, 4.69) is 22.8 Å². The smallest absolute Gasteiger partial charge is 0.293 e. The average Bonchev–Trinajstić information content (AvgIpc) is 3.33. The number of nitro benzene ring substituents is 1. The summed E-state index contributed by atoms with van der Waals surface area (Å²) >= 11 is 1.50. The topological polar surface area (TPSA) is 92.0 Å². The molecule has 37 heavy (non-hydrogen) atoms. The zero-order chi connectivity index (χ0) is 25.9. The Labute approximate surface area is 220 Å². The lowest BCUT2D eigenvalue weighted by Gasteiger charge is -2.30. The fourth-order valence-electron chi connectivity index (χ4n) is 5.19. The molecule has 0 saturated carbocycles. The number of anilines is 2. The SMILES string of the molecule is Cc1cc(C)c2sc(N(CCN3CCOCC3)C(=O)c3ccc(N4CCCCC4)c([N+](=O)[O-])c3)nc2c1. The second kappa shape index (κ2) is 11.1. The van der Waals surface area contributed by atoms with E-state index in [0.717, 1.165) is 66.8 Å². The highest BCUT2D eigenvalue weighted by Gasteiger charge is 2.27. The standard InChI is InChI=1S/C27H33N5O4S/c1-19-16-20(2)25-22(17-19)28-27(37-25)31(11-10-29-12-14-36-15-13-29)26(33)21-6-7-23(24(18-21)32(34)35)30-8-4-3-5-9-30/h6-7,16-18H,3-5,8-15H2,1-2H3. The number of benzene rings is 2. The largest absolute Gasteiger partial charge is 0.379 e. The van der Waals surface area contributed by atoms with Crippen LogP contribution >= 0.6 is 11.3 Å². The van der Waals surface area contributed by atoms with Crippen molar-refractivity contribution in [3.05, 3.63) is 57.1 Å². The molecule has 0 spiro atoms. The van der Waals surface area contributed by atoms with Crippen molar-refractivity contribution >= 4 is 44.0 Å². The van der Waals surface area contributed by atoms with Gasteiger partial charge >= 0.3 is 0 Å². The van der Waals surface area contributed by atoms with Crippen LogP contribution in [0.2, 0.25) is 0 Å². The Bertz CT molecular complexity index is 1300. The van der Waals surface area contributed by atoms with Crippen molar-refractivity contribution in [3.63, 3.8) is 0 Å². The van der Waals surface area contributed by atoms with E-state index in [4.69, 9.17) is 9.72 Å². The van der Waals surface area contributed by atoms with Gasteiger partial charge in [-0.15, -0.1) is 0 Å². The molecule has 0 aliphatic carbocycles. The first kappa shape index (κ1) is 25.6. The van der Waals surface area contributed by atoms with Gasteiger partial charge in [-0.1, -0.05) is 17.4 Å². The van der Waals surface area contributed by atoms with E-state index in [-0.39, 0.29) is 16.5 Å². The van der Waals surface area contributed by atoms with Crippen LogP contribution in [0.1, 0.15) is 40.7 Å². The number of piperidine rings is 1. The lowest BCUT2D eigenvalue weighted by atomic mass is 10.1. The second-order valence-corrected chi connectivity index (χ2v) is 10.8. The van der Waals surface area contributed by atoms with Crippen molar-refractivity contribution in [2.45, 2.75) is 33.1 Å². The zero-order valence-electron chi connectivity index (χ0n) is 21.4. The number of hydrogen-bond donors (Lipinski definition) is 0. The van der Waals surface area contributed by atoms with Crippen LogP contribution in [-0.2, 0) is 4.74 Å². The molecule has 0 radical (unpaired) electrons. The number of hydrogen-bond acceptors (Lipinski definition) is 8. The molecule has 10 heteroatoms. The molecule has 196 valence electrons. The van der Waals surface area contributed by atoms with Gasteiger partial charge < -0.3 is 9.64 Å². The summed E-state index contributed by atoms with van der Waals surface area (Å²) in [6, 6.07) is 9.06. The Hall–Kier alpha value is -3.08. The number of aromatic nitrogens is 1. The van der Waals surface area contributed by atoms with Crippen LogP contribution < -0.4 is 9.80 Å². The predicted molar refractivity (Wildman–Crippen MR) is 147 cm³/mol. The first-order valence-electron chi connectivity index (χ1n) is 12.9. The van der Waals surface area contributed by atoms with Crippen molar-refractivity contribution < 1.29 is 14.5 Å². The molecule has 2 aliphatic heterocycles. The van der Waals surface area contributed by atoms with E-state index in [9.17, 15) is 14.9 Å². The number of fused-ring (bicyclic) bond motifs is 1. The number of aryl methyl sites for hydroxylation is 2. The monoisotopic (exact) mass is 523 g/mol. The average molecular weight is 524 g/mol. The van der Waals surface area contributed by atoms with E-state index in [1.165, 1.54) is 17.4 Å². The highest BCUT2D eigenvalue weighted by atomic mass is 32.1. The third-order valence-corrected chi connectivity index (χ3v) is 8.37. The maximum Gasteiger partial charge on any atom is 0.293 e. The Morgan fingerprint density at radius 3 is 2.59 bits per heavy atom. The molecule has 0 N–H and O–H groups in total. The molecule has 1 amide bonds.